The molecule has 1 aromatic rings. The van der Waals surface area contributed by atoms with E-state index in [2.05, 4.69) is 5.32 Å². The number of nitrogens with zero attached hydrogens (tertiary/aromatic N) is 1. The van der Waals surface area contributed by atoms with Gasteiger partial charge >= 0.3 is 0 Å². The van der Waals surface area contributed by atoms with Crippen molar-refractivity contribution in [3.63, 3.8) is 0 Å². The monoisotopic (exact) mass is 458 g/mol. The number of halogens is 1. The van der Waals surface area contributed by atoms with Gasteiger partial charge in [-0.2, -0.15) is 0 Å². The molecule has 2 atom stereocenters. The van der Waals surface area contributed by atoms with Crippen LogP contribution in [0.25, 0.3) is 0 Å². The molecule has 2 aliphatic carbocycles. The Morgan fingerprint density at radius 3 is 2.64 bits per heavy atom. The summed E-state index contributed by atoms with van der Waals surface area (Å²) in [5.74, 6) is 0.342. The van der Waals surface area contributed by atoms with Crippen LogP contribution in [-0.2, 0) is 19.1 Å². The highest BCUT2D eigenvalue weighted by molar-refractivity contribution is 5.87. The van der Waals surface area contributed by atoms with E-state index in [1.165, 1.54) is 6.07 Å². The van der Waals surface area contributed by atoms with Crippen molar-refractivity contribution in [2.24, 2.45) is 5.41 Å². The second-order valence-corrected chi connectivity index (χ2v) is 10.5. The maximum atomic E-state index is 14.9. The van der Waals surface area contributed by atoms with Gasteiger partial charge in [0.1, 0.15) is 24.8 Å². The molecule has 0 radical (unpaired) electrons. The highest BCUT2D eigenvalue weighted by atomic mass is 19.1. The van der Waals surface area contributed by atoms with Crippen LogP contribution in [0.1, 0.15) is 56.4 Å². The molecule has 2 bridgehead atoms. The van der Waals surface area contributed by atoms with Crippen molar-refractivity contribution in [3.8, 4) is 5.75 Å². The first-order valence-electron chi connectivity index (χ1n) is 12.2. The fourth-order valence-corrected chi connectivity index (χ4v) is 6.30. The van der Waals surface area contributed by atoms with E-state index in [1.807, 2.05) is 11.0 Å². The molecule has 0 unspecified atom stereocenters. The summed E-state index contributed by atoms with van der Waals surface area (Å²) in [7, 11) is 0. The van der Waals surface area contributed by atoms with Crippen molar-refractivity contribution in [1.29, 1.82) is 0 Å². The maximum Gasteiger partial charge on any atom is 0.246 e. The van der Waals surface area contributed by atoms with Crippen LogP contribution in [0.4, 0.5) is 4.39 Å². The van der Waals surface area contributed by atoms with Crippen molar-refractivity contribution in [3.05, 3.63) is 29.6 Å². The largest absolute Gasteiger partial charge is 0.492 e. The van der Waals surface area contributed by atoms with Gasteiger partial charge in [0.2, 0.25) is 11.8 Å². The lowest BCUT2D eigenvalue weighted by molar-refractivity contribution is -0.147. The minimum atomic E-state index is -0.605. The smallest absolute Gasteiger partial charge is 0.246 e. The van der Waals surface area contributed by atoms with Crippen LogP contribution in [0.5, 0.6) is 5.75 Å². The number of hydrogen-bond donors (Lipinski definition) is 1. The van der Waals surface area contributed by atoms with E-state index in [-0.39, 0.29) is 48.9 Å². The summed E-state index contributed by atoms with van der Waals surface area (Å²) in [6.07, 6.45) is 5.56. The predicted molar refractivity (Wildman–Crippen MR) is 116 cm³/mol. The Kier molecular flexibility index (Phi) is 5.14. The number of nitrogens with one attached hydrogen (secondary N) is 1. The Balaban J connectivity index is 1.34. The Hall–Kier alpha value is -2.19. The number of carbonyl (C=O) groups excluding carboxylic acids is 2. The number of morpholine rings is 1. The molecule has 2 saturated heterocycles. The minimum Gasteiger partial charge on any atom is -0.492 e. The van der Waals surface area contributed by atoms with Gasteiger partial charge in [0.25, 0.3) is 0 Å². The van der Waals surface area contributed by atoms with Crippen LogP contribution in [0.15, 0.2) is 18.2 Å². The van der Waals surface area contributed by atoms with Crippen LogP contribution >= 0.6 is 0 Å². The van der Waals surface area contributed by atoms with E-state index in [0.717, 1.165) is 38.5 Å². The molecular weight excluding hydrogens is 427 g/mol. The van der Waals surface area contributed by atoms with Crippen LogP contribution in [0.3, 0.4) is 0 Å². The molecular formula is C25H31FN2O5. The van der Waals surface area contributed by atoms with Gasteiger partial charge in [-0.15, -0.1) is 0 Å². The first-order valence-corrected chi connectivity index (χ1v) is 12.2. The van der Waals surface area contributed by atoms with Crippen molar-refractivity contribution >= 4 is 11.8 Å². The maximum absolute atomic E-state index is 14.9. The lowest BCUT2D eigenvalue weighted by Crippen LogP contribution is -2.65. The number of hydrogen-bond acceptors (Lipinski definition) is 5. The molecule has 2 saturated carbocycles. The van der Waals surface area contributed by atoms with Crippen LogP contribution in [0, 0.1) is 11.2 Å². The summed E-state index contributed by atoms with van der Waals surface area (Å²) in [4.78, 5) is 27.9. The van der Waals surface area contributed by atoms with Crippen molar-refractivity contribution in [2.75, 3.05) is 33.0 Å². The first kappa shape index (κ1) is 21.4. The Morgan fingerprint density at radius 2 is 1.88 bits per heavy atom. The molecule has 4 aliphatic heterocycles. The highest BCUT2D eigenvalue weighted by Gasteiger charge is 2.59. The lowest BCUT2D eigenvalue weighted by atomic mass is 9.82. The third-order valence-electron chi connectivity index (χ3n) is 8.45. The predicted octanol–water partition coefficient (Wildman–Crippen LogP) is 2.53. The number of carbonyl (C=O) groups is 2. The fraction of sp³-hybridized carbons (Fsp3) is 0.680. The van der Waals surface area contributed by atoms with E-state index in [4.69, 9.17) is 14.2 Å². The van der Waals surface area contributed by atoms with Crippen LogP contribution in [-0.4, -0.2) is 67.4 Å². The summed E-state index contributed by atoms with van der Waals surface area (Å²) in [5.41, 5.74) is -0.543. The highest BCUT2D eigenvalue weighted by Crippen LogP contribution is 2.50. The quantitative estimate of drug-likeness (QED) is 0.647. The first-order chi connectivity index (χ1) is 16.0. The van der Waals surface area contributed by atoms with Crippen molar-refractivity contribution < 1.29 is 28.2 Å². The summed E-state index contributed by atoms with van der Waals surface area (Å²) in [6, 6.07) is 4.74. The second-order valence-electron chi connectivity index (χ2n) is 10.5. The third kappa shape index (κ3) is 3.62. The zero-order valence-electron chi connectivity index (χ0n) is 18.8. The molecule has 4 fully saturated rings. The Morgan fingerprint density at radius 1 is 1.06 bits per heavy atom. The summed E-state index contributed by atoms with van der Waals surface area (Å²) in [6.45, 7) is 1.61. The summed E-state index contributed by atoms with van der Waals surface area (Å²) >= 11 is 0. The number of benzene rings is 1. The topological polar surface area (TPSA) is 77.1 Å². The van der Waals surface area contributed by atoms with Gasteiger partial charge in [0, 0.05) is 12.1 Å². The van der Waals surface area contributed by atoms with Gasteiger partial charge in [-0.3, -0.25) is 9.59 Å². The molecule has 2 amide bonds. The molecule has 178 valence electrons. The molecule has 1 N–H and O–H groups in total. The minimum absolute atomic E-state index is 0.0490. The Bertz CT molecular complexity index is 958. The SMILES string of the molecule is O=C1COC[C@]2(CCN3C(=O)C4(CC4)COc4cccc(F)c4C4CCC(CC4)OC[C@@H]32)N1. The number of fused-ring (bicyclic) bond motifs is 4. The van der Waals surface area contributed by atoms with Crippen LogP contribution < -0.4 is 10.1 Å². The molecule has 7 nitrogen and oxygen atoms in total. The number of rotatable bonds is 0. The van der Waals surface area contributed by atoms with Gasteiger partial charge in [0.15, 0.2) is 0 Å². The van der Waals surface area contributed by atoms with Crippen LogP contribution in [0.2, 0.25) is 0 Å². The molecule has 2 spiro atoms. The average molecular weight is 459 g/mol. The molecule has 1 aromatic carbocycles. The van der Waals surface area contributed by atoms with Gasteiger partial charge in [-0.1, -0.05) is 6.07 Å². The third-order valence-corrected chi connectivity index (χ3v) is 8.45. The Labute approximate surface area is 192 Å². The van der Waals surface area contributed by atoms with Crippen molar-refractivity contribution in [2.45, 2.75) is 68.5 Å². The summed E-state index contributed by atoms with van der Waals surface area (Å²) < 4.78 is 33.1. The van der Waals surface area contributed by atoms with E-state index in [0.29, 0.717) is 37.5 Å². The normalized spacial score (nSPS) is 35.5. The molecule has 7 rings (SSSR count). The van der Waals surface area contributed by atoms with Crippen molar-refractivity contribution in [1.82, 2.24) is 10.2 Å². The average Bonchev–Trinajstić information content (AvgIpc) is 3.53. The zero-order valence-corrected chi connectivity index (χ0v) is 18.8. The molecule has 6 aliphatic rings. The van der Waals surface area contributed by atoms with E-state index in [1.54, 1.807) is 6.07 Å². The zero-order chi connectivity index (χ0) is 22.6. The second kappa shape index (κ2) is 7.94. The number of amides is 2. The van der Waals surface area contributed by atoms with E-state index >= 15 is 0 Å². The molecule has 0 aromatic heterocycles. The van der Waals surface area contributed by atoms with Gasteiger partial charge in [-0.25, -0.2) is 4.39 Å². The number of ether oxygens (including phenoxy) is 3. The van der Waals surface area contributed by atoms with E-state index < -0.39 is 11.0 Å². The standard InChI is InChI=1S/C25H31FN2O5/c26-18-2-1-3-19-22(18)16-4-6-17(7-5-16)32-12-20-25(15-31-13-21(29)27-25)10-11-28(20)23(30)24(8-9-24)14-33-19/h1-3,16-17,20H,4-15H2,(H,27,29)/t16?,17?,20-,25+/m1/s1. The fourth-order valence-electron chi connectivity index (χ4n) is 6.30. The molecule has 4 heterocycles. The lowest BCUT2D eigenvalue weighted by Gasteiger charge is -2.42. The molecule has 33 heavy (non-hydrogen) atoms. The van der Waals surface area contributed by atoms with E-state index in [9.17, 15) is 14.0 Å². The van der Waals surface area contributed by atoms with Gasteiger partial charge in [-0.05, 0) is 63.0 Å². The van der Waals surface area contributed by atoms with Gasteiger partial charge < -0.3 is 24.4 Å². The van der Waals surface area contributed by atoms with Gasteiger partial charge in [0.05, 0.1) is 36.3 Å². The summed E-state index contributed by atoms with van der Waals surface area (Å²) in [5, 5.41) is 3.14. The molecule has 8 heteroatoms.